The predicted octanol–water partition coefficient (Wildman–Crippen LogP) is 3.64. The molecule has 0 fully saturated rings. The summed E-state index contributed by atoms with van der Waals surface area (Å²) in [4.78, 5) is 0. The molecule has 108 valence electrons. The molecule has 1 heterocycles. The van der Waals surface area contributed by atoms with Crippen LogP contribution in [0, 0.1) is 0 Å². The monoisotopic (exact) mass is 357 g/mol. The lowest BCUT2D eigenvalue weighted by atomic mass is 10.0. The van der Waals surface area contributed by atoms with Crippen molar-refractivity contribution in [3.63, 3.8) is 0 Å². The number of benzene rings is 1. The molecule has 0 saturated carbocycles. The Labute approximate surface area is 132 Å². The number of aryl methyl sites for hydroxylation is 1. The van der Waals surface area contributed by atoms with E-state index in [4.69, 9.17) is 16.3 Å². The molecule has 6 heteroatoms. The molecule has 0 saturated heterocycles. The zero-order chi connectivity index (χ0) is 14.7. The Bertz CT molecular complexity index is 579. The predicted molar refractivity (Wildman–Crippen MR) is 84.5 cm³/mol. The molecule has 1 atom stereocenters. The van der Waals surface area contributed by atoms with Crippen LogP contribution in [-0.2, 0) is 6.54 Å². The fraction of sp³-hybridized carbons (Fsp3) is 0.357. The number of hydrogen-bond donors (Lipinski definition) is 1. The summed E-state index contributed by atoms with van der Waals surface area (Å²) in [6.07, 6.45) is 1.73. The van der Waals surface area contributed by atoms with Gasteiger partial charge in [0.1, 0.15) is 5.69 Å². The Morgan fingerprint density at radius 2 is 2.25 bits per heavy atom. The first-order chi connectivity index (χ1) is 9.62. The number of ether oxygens (including phenoxy) is 1. The first-order valence-corrected chi connectivity index (χ1v) is 7.51. The van der Waals surface area contributed by atoms with Crippen LogP contribution in [0.3, 0.4) is 0 Å². The molecule has 0 bridgehead atoms. The molecule has 20 heavy (non-hydrogen) atoms. The van der Waals surface area contributed by atoms with E-state index in [1.54, 1.807) is 13.3 Å². The largest absolute Gasteiger partial charge is 0.493 e. The van der Waals surface area contributed by atoms with Crippen molar-refractivity contribution in [3.05, 3.63) is 45.1 Å². The van der Waals surface area contributed by atoms with Gasteiger partial charge >= 0.3 is 0 Å². The fourth-order valence-electron chi connectivity index (χ4n) is 2.25. The van der Waals surface area contributed by atoms with E-state index in [-0.39, 0.29) is 6.04 Å². The van der Waals surface area contributed by atoms with E-state index in [9.17, 15) is 0 Å². The van der Waals surface area contributed by atoms with Crippen molar-refractivity contribution in [2.45, 2.75) is 19.5 Å². The second-order valence-electron chi connectivity index (χ2n) is 4.30. The average molecular weight is 359 g/mol. The lowest BCUT2D eigenvalue weighted by molar-refractivity contribution is 0.401. The van der Waals surface area contributed by atoms with Gasteiger partial charge in [0.15, 0.2) is 5.75 Å². The van der Waals surface area contributed by atoms with E-state index in [0.717, 1.165) is 28.0 Å². The number of methoxy groups -OCH3 is 1. The topological polar surface area (TPSA) is 39.1 Å². The maximum atomic E-state index is 6.35. The molecule has 1 aromatic heterocycles. The van der Waals surface area contributed by atoms with Crippen molar-refractivity contribution >= 4 is 27.5 Å². The summed E-state index contributed by atoms with van der Waals surface area (Å²) in [6.45, 7) is 2.81. The van der Waals surface area contributed by atoms with Gasteiger partial charge in [-0.25, -0.2) is 0 Å². The second kappa shape index (κ2) is 6.61. The van der Waals surface area contributed by atoms with Crippen LogP contribution in [0.15, 0.2) is 28.9 Å². The highest BCUT2D eigenvalue weighted by Crippen LogP contribution is 2.34. The third kappa shape index (κ3) is 2.85. The second-order valence-corrected chi connectivity index (χ2v) is 5.62. The summed E-state index contributed by atoms with van der Waals surface area (Å²) in [7, 11) is 3.55. The molecule has 0 aliphatic heterocycles. The number of nitrogens with zero attached hydrogens (tertiary/aromatic N) is 2. The van der Waals surface area contributed by atoms with Crippen LogP contribution in [0.5, 0.6) is 5.75 Å². The van der Waals surface area contributed by atoms with Gasteiger partial charge in [-0.2, -0.15) is 5.10 Å². The Morgan fingerprint density at radius 1 is 1.50 bits per heavy atom. The molecular formula is C14H17BrClN3O. The van der Waals surface area contributed by atoms with Gasteiger partial charge in [-0.05, 0) is 37.7 Å². The molecule has 2 aromatic rings. The number of nitrogens with one attached hydrogen (secondary N) is 1. The van der Waals surface area contributed by atoms with Gasteiger partial charge in [-0.15, -0.1) is 0 Å². The number of halogens is 2. The smallest absolute Gasteiger partial charge is 0.161 e. The Hall–Kier alpha value is -1.04. The zero-order valence-electron chi connectivity index (χ0n) is 11.7. The van der Waals surface area contributed by atoms with E-state index in [1.807, 2.05) is 36.9 Å². The lowest BCUT2D eigenvalue weighted by Gasteiger charge is -2.20. The minimum Gasteiger partial charge on any atom is -0.493 e. The van der Waals surface area contributed by atoms with E-state index in [0.29, 0.717) is 5.02 Å². The number of hydrogen-bond acceptors (Lipinski definition) is 3. The minimum atomic E-state index is -0.0857. The summed E-state index contributed by atoms with van der Waals surface area (Å²) in [5, 5.41) is 8.35. The van der Waals surface area contributed by atoms with Crippen LogP contribution >= 0.6 is 27.5 Å². The molecule has 4 nitrogen and oxygen atoms in total. The van der Waals surface area contributed by atoms with Crippen molar-refractivity contribution in [1.29, 1.82) is 0 Å². The van der Waals surface area contributed by atoms with Gasteiger partial charge < -0.3 is 10.1 Å². The van der Waals surface area contributed by atoms with Crippen LogP contribution in [-0.4, -0.2) is 23.9 Å². The van der Waals surface area contributed by atoms with Crippen LogP contribution in [0.4, 0.5) is 0 Å². The van der Waals surface area contributed by atoms with E-state index < -0.39 is 0 Å². The van der Waals surface area contributed by atoms with Crippen molar-refractivity contribution < 1.29 is 4.74 Å². The fourth-order valence-corrected chi connectivity index (χ4v) is 2.86. The number of rotatable bonds is 5. The van der Waals surface area contributed by atoms with Crippen LogP contribution < -0.4 is 10.1 Å². The van der Waals surface area contributed by atoms with Gasteiger partial charge in [-0.1, -0.05) is 27.5 Å². The van der Waals surface area contributed by atoms with Gasteiger partial charge in [0, 0.05) is 16.0 Å². The maximum Gasteiger partial charge on any atom is 0.161 e. The first kappa shape index (κ1) is 15.4. The maximum absolute atomic E-state index is 6.35. The highest BCUT2D eigenvalue weighted by molar-refractivity contribution is 9.10. The third-order valence-electron chi connectivity index (χ3n) is 3.20. The van der Waals surface area contributed by atoms with Crippen molar-refractivity contribution in [1.82, 2.24) is 15.1 Å². The highest BCUT2D eigenvalue weighted by Gasteiger charge is 2.23. The molecule has 0 amide bonds. The quantitative estimate of drug-likeness (QED) is 0.887. The van der Waals surface area contributed by atoms with Gasteiger partial charge in [-0.3, -0.25) is 4.68 Å². The molecule has 1 unspecified atom stereocenters. The Balaban J connectivity index is 2.57. The minimum absolute atomic E-state index is 0.0857. The normalized spacial score (nSPS) is 12.4. The molecule has 0 aliphatic carbocycles. The number of aromatic nitrogens is 2. The molecular weight excluding hydrogens is 342 g/mol. The molecule has 0 aliphatic rings. The summed E-state index contributed by atoms with van der Waals surface area (Å²) >= 11 is 9.83. The van der Waals surface area contributed by atoms with Gasteiger partial charge in [0.2, 0.25) is 0 Å². The molecule has 1 N–H and O–H groups in total. The molecule has 0 spiro atoms. The van der Waals surface area contributed by atoms with Crippen molar-refractivity contribution in [3.8, 4) is 5.75 Å². The van der Waals surface area contributed by atoms with Crippen molar-refractivity contribution in [2.24, 2.45) is 0 Å². The lowest BCUT2D eigenvalue weighted by Crippen LogP contribution is -2.22. The van der Waals surface area contributed by atoms with Crippen LogP contribution in [0.2, 0.25) is 5.02 Å². The average Bonchev–Trinajstić information content (AvgIpc) is 2.86. The Morgan fingerprint density at radius 3 is 2.85 bits per heavy atom. The van der Waals surface area contributed by atoms with E-state index >= 15 is 0 Å². The zero-order valence-corrected chi connectivity index (χ0v) is 14.0. The van der Waals surface area contributed by atoms with Gasteiger partial charge in [0.05, 0.1) is 19.3 Å². The summed E-state index contributed by atoms with van der Waals surface area (Å²) in [5.74, 6) is 0.752. The summed E-state index contributed by atoms with van der Waals surface area (Å²) in [6, 6.07) is 5.73. The standard InChI is InChI=1S/C14H17BrClN3O/c1-4-19-14(12(20-3)8-18-19)13(17-2)10-7-9(15)5-6-11(10)16/h5-8,13,17H,4H2,1-3H3. The first-order valence-electron chi connectivity index (χ1n) is 6.34. The SMILES string of the molecule is CCn1ncc(OC)c1C(NC)c1cc(Br)ccc1Cl. The van der Waals surface area contributed by atoms with Crippen LogP contribution in [0.25, 0.3) is 0 Å². The molecule has 2 rings (SSSR count). The van der Waals surface area contributed by atoms with Crippen molar-refractivity contribution in [2.75, 3.05) is 14.2 Å². The molecule has 1 aromatic carbocycles. The van der Waals surface area contributed by atoms with Crippen LogP contribution in [0.1, 0.15) is 24.2 Å². The molecule has 0 radical (unpaired) electrons. The summed E-state index contributed by atoms with van der Waals surface area (Å²) < 4.78 is 8.32. The summed E-state index contributed by atoms with van der Waals surface area (Å²) in [5.41, 5.74) is 1.95. The highest BCUT2D eigenvalue weighted by atomic mass is 79.9. The van der Waals surface area contributed by atoms with Gasteiger partial charge in [0.25, 0.3) is 0 Å². The van der Waals surface area contributed by atoms with E-state index in [1.165, 1.54) is 0 Å². The Kier molecular flexibility index (Phi) is 5.07. The third-order valence-corrected chi connectivity index (χ3v) is 4.03. The van der Waals surface area contributed by atoms with E-state index in [2.05, 4.69) is 26.3 Å².